The lowest BCUT2D eigenvalue weighted by Gasteiger charge is -2.34. The minimum absolute atomic E-state index is 0.0757. The summed E-state index contributed by atoms with van der Waals surface area (Å²) in [5.74, 6) is -0.208. The molecule has 112 valence electrons. The van der Waals surface area contributed by atoms with Gasteiger partial charge in [-0.25, -0.2) is 8.78 Å². The van der Waals surface area contributed by atoms with Gasteiger partial charge in [-0.2, -0.15) is 0 Å². The molecule has 0 aliphatic heterocycles. The van der Waals surface area contributed by atoms with E-state index < -0.39 is 11.6 Å². The first kappa shape index (κ1) is 15.4. The Balaban J connectivity index is 2.08. The lowest BCUT2D eigenvalue weighted by Crippen LogP contribution is -2.29. The van der Waals surface area contributed by atoms with E-state index in [1.807, 2.05) is 7.05 Å². The molecular formula is C17H25F2N. The zero-order valence-corrected chi connectivity index (χ0v) is 12.5. The molecular weight excluding hydrogens is 256 g/mol. The molecule has 1 aromatic rings. The Hall–Kier alpha value is -0.960. The molecule has 3 heteroatoms. The van der Waals surface area contributed by atoms with Gasteiger partial charge >= 0.3 is 0 Å². The number of nitrogens with one attached hydrogen (secondary N) is 1. The quantitative estimate of drug-likeness (QED) is 0.815. The van der Waals surface area contributed by atoms with Gasteiger partial charge < -0.3 is 5.32 Å². The maximum Gasteiger partial charge on any atom is 0.163 e. The summed E-state index contributed by atoms with van der Waals surface area (Å²) in [5.41, 5.74) is 0.478. The van der Waals surface area contributed by atoms with Crippen LogP contribution in [0.1, 0.15) is 57.1 Å². The van der Waals surface area contributed by atoms with Crippen molar-refractivity contribution in [1.82, 2.24) is 5.32 Å². The molecule has 1 nitrogen and oxygen atoms in total. The van der Waals surface area contributed by atoms with Gasteiger partial charge in [-0.1, -0.05) is 44.7 Å². The van der Waals surface area contributed by atoms with Gasteiger partial charge in [-0.3, -0.25) is 0 Å². The van der Waals surface area contributed by atoms with Gasteiger partial charge in [0.05, 0.1) is 0 Å². The molecule has 0 aromatic heterocycles. The molecule has 1 aliphatic carbocycles. The Kier molecular flexibility index (Phi) is 5.53. The SMILES string of the molecule is CCCC1CCC(C(NC)c2cccc(F)c2F)CC1. The van der Waals surface area contributed by atoms with Crippen LogP contribution >= 0.6 is 0 Å². The lowest BCUT2D eigenvalue weighted by atomic mass is 9.75. The summed E-state index contributed by atoms with van der Waals surface area (Å²) in [4.78, 5) is 0. The highest BCUT2D eigenvalue weighted by Gasteiger charge is 2.29. The van der Waals surface area contributed by atoms with Crippen LogP contribution in [0.15, 0.2) is 18.2 Å². The summed E-state index contributed by atoms with van der Waals surface area (Å²) in [5, 5.41) is 3.20. The molecule has 0 bridgehead atoms. The summed E-state index contributed by atoms with van der Waals surface area (Å²) in [6.45, 7) is 2.23. The first-order valence-corrected chi connectivity index (χ1v) is 7.78. The van der Waals surface area contributed by atoms with Crippen LogP contribution in [-0.4, -0.2) is 7.05 Å². The van der Waals surface area contributed by atoms with Crippen molar-refractivity contribution in [2.24, 2.45) is 11.8 Å². The summed E-state index contributed by atoms with van der Waals surface area (Å²) in [7, 11) is 1.84. The number of rotatable bonds is 5. The fourth-order valence-electron chi connectivity index (χ4n) is 3.62. The minimum atomic E-state index is -0.748. The van der Waals surface area contributed by atoms with Crippen LogP contribution in [0.3, 0.4) is 0 Å². The number of halogens is 2. The van der Waals surface area contributed by atoms with E-state index in [1.54, 1.807) is 12.1 Å². The topological polar surface area (TPSA) is 12.0 Å². The van der Waals surface area contributed by atoms with Crippen LogP contribution in [0.2, 0.25) is 0 Å². The Morgan fingerprint density at radius 1 is 1.20 bits per heavy atom. The second-order valence-electron chi connectivity index (χ2n) is 5.98. The lowest BCUT2D eigenvalue weighted by molar-refractivity contribution is 0.216. The van der Waals surface area contributed by atoms with Crippen LogP contribution in [0.5, 0.6) is 0 Å². The fraction of sp³-hybridized carbons (Fsp3) is 0.647. The largest absolute Gasteiger partial charge is 0.313 e. The normalized spacial score (nSPS) is 24.6. The predicted octanol–water partition coefficient (Wildman–Crippen LogP) is 4.83. The van der Waals surface area contributed by atoms with Crippen molar-refractivity contribution in [1.29, 1.82) is 0 Å². The van der Waals surface area contributed by atoms with Crippen molar-refractivity contribution in [2.45, 2.75) is 51.5 Å². The Morgan fingerprint density at radius 2 is 1.90 bits per heavy atom. The molecule has 1 saturated carbocycles. The standard InChI is InChI=1S/C17H25F2N/c1-3-5-12-8-10-13(11-9-12)17(20-2)14-6-4-7-15(18)16(14)19/h4,6-7,12-13,17,20H,3,5,8-11H2,1-2H3. The number of hydrogen-bond donors (Lipinski definition) is 1. The summed E-state index contributed by atoms with van der Waals surface area (Å²) < 4.78 is 27.4. The van der Waals surface area contributed by atoms with Crippen LogP contribution in [0, 0.1) is 23.5 Å². The van der Waals surface area contributed by atoms with Crippen LogP contribution in [0.25, 0.3) is 0 Å². The number of hydrogen-bond acceptors (Lipinski definition) is 1. The third kappa shape index (κ3) is 3.38. The molecule has 20 heavy (non-hydrogen) atoms. The van der Waals surface area contributed by atoms with Crippen LogP contribution in [0.4, 0.5) is 8.78 Å². The zero-order valence-electron chi connectivity index (χ0n) is 12.5. The van der Waals surface area contributed by atoms with Gasteiger partial charge in [-0.15, -0.1) is 0 Å². The van der Waals surface area contributed by atoms with E-state index in [1.165, 1.54) is 31.7 Å². The van der Waals surface area contributed by atoms with Crippen molar-refractivity contribution < 1.29 is 8.78 Å². The molecule has 0 radical (unpaired) electrons. The molecule has 1 N–H and O–H groups in total. The first-order valence-electron chi connectivity index (χ1n) is 7.78. The Labute approximate surface area is 120 Å². The molecule has 0 saturated heterocycles. The Morgan fingerprint density at radius 3 is 2.50 bits per heavy atom. The van der Waals surface area contributed by atoms with Crippen molar-refractivity contribution in [3.8, 4) is 0 Å². The van der Waals surface area contributed by atoms with Crippen molar-refractivity contribution in [2.75, 3.05) is 7.05 Å². The van der Waals surface area contributed by atoms with Gasteiger partial charge in [0.15, 0.2) is 11.6 Å². The smallest absolute Gasteiger partial charge is 0.163 e. The molecule has 2 rings (SSSR count). The maximum absolute atomic E-state index is 14.0. The zero-order chi connectivity index (χ0) is 14.5. The van der Waals surface area contributed by atoms with E-state index in [0.717, 1.165) is 18.8 Å². The van der Waals surface area contributed by atoms with E-state index in [4.69, 9.17) is 0 Å². The van der Waals surface area contributed by atoms with Crippen LogP contribution in [-0.2, 0) is 0 Å². The van der Waals surface area contributed by atoms with E-state index in [-0.39, 0.29) is 6.04 Å². The highest BCUT2D eigenvalue weighted by Crippen LogP contribution is 2.39. The predicted molar refractivity (Wildman–Crippen MR) is 78.5 cm³/mol. The fourth-order valence-corrected chi connectivity index (χ4v) is 3.62. The second-order valence-corrected chi connectivity index (χ2v) is 5.98. The summed E-state index contributed by atoms with van der Waals surface area (Å²) in [6.07, 6.45) is 7.17. The van der Waals surface area contributed by atoms with E-state index in [0.29, 0.717) is 11.5 Å². The monoisotopic (exact) mass is 281 g/mol. The van der Waals surface area contributed by atoms with Crippen molar-refractivity contribution in [3.63, 3.8) is 0 Å². The maximum atomic E-state index is 14.0. The second kappa shape index (κ2) is 7.16. The molecule has 1 atom stereocenters. The third-order valence-electron chi connectivity index (χ3n) is 4.69. The summed E-state index contributed by atoms with van der Waals surface area (Å²) >= 11 is 0. The molecule has 0 amide bonds. The molecule has 0 spiro atoms. The Bertz CT molecular complexity index is 425. The van der Waals surface area contributed by atoms with Gasteiger partial charge in [-0.05, 0) is 37.8 Å². The van der Waals surface area contributed by atoms with E-state index in [9.17, 15) is 8.78 Å². The van der Waals surface area contributed by atoms with Gasteiger partial charge in [0.1, 0.15) is 0 Å². The average Bonchev–Trinajstić information content (AvgIpc) is 2.46. The van der Waals surface area contributed by atoms with Crippen molar-refractivity contribution >= 4 is 0 Å². The molecule has 1 aliphatic rings. The first-order chi connectivity index (χ1) is 9.67. The summed E-state index contributed by atoms with van der Waals surface area (Å²) in [6, 6.07) is 4.41. The van der Waals surface area contributed by atoms with Gasteiger partial charge in [0.25, 0.3) is 0 Å². The van der Waals surface area contributed by atoms with E-state index in [2.05, 4.69) is 12.2 Å². The van der Waals surface area contributed by atoms with E-state index >= 15 is 0 Å². The van der Waals surface area contributed by atoms with Gasteiger partial charge in [0, 0.05) is 11.6 Å². The molecule has 1 fully saturated rings. The van der Waals surface area contributed by atoms with Crippen LogP contribution < -0.4 is 5.32 Å². The number of benzene rings is 1. The molecule has 1 unspecified atom stereocenters. The highest BCUT2D eigenvalue weighted by molar-refractivity contribution is 5.23. The molecule has 0 heterocycles. The van der Waals surface area contributed by atoms with Crippen molar-refractivity contribution in [3.05, 3.63) is 35.4 Å². The highest BCUT2D eigenvalue weighted by atomic mass is 19.2. The molecule has 1 aromatic carbocycles. The minimum Gasteiger partial charge on any atom is -0.313 e. The average molecular weight is 281 g/mol. The third-order valence-corrected chi connectivity index (χ3v) is 4.69. The van der Waals surface area contributed by atoms with Gasteiger partial charge in [0.2, 0.25) is 0 Å².